The van der Waals surface area contributed by atoms with Crippen molar-refractivity contribution in [1.82, 2.24) is 9.97 Å². The summed E-state index contributed by atoms with van der Waals surface area (Å²) in [6.07, 6.45) is 1.10. The van der Waals surface area contributed by atoms with Gasteiger partial charge in [0, 0.05) is 6.42 Å². The van der Waals surface area contributed by atoms with Gasteiger partial charge in [-0.2, -0.15) is 0 Å². The van der Waals surface area contributed by atoms with E-state index in [1.54, 1.807) is 12.1 Å². The predicted molar refractivity (Wildman–Crippen MR) is 70.6 cm³/mol. The van der Waals surface area contributed by atoms with Gasteiger partial charge in [-0.3, -0.25) is 4.79 Å². The SMILES string of the molecule is Cc1c(CC(=O)c2ncc([N+](=O)[O-])[nH]2)ccc2c1OCO2. The van der Waals surface area contributed by atoms with Gasteiger partial charge in [-0.15, -0.1) is 0 Å². The molecule has 1 aliphatic heterocycles. The van der Waals surface area contributed by atoms with E-state index in [2.05, 4.69) is 9.97 Å². The molecule has 2 aromatic rings. The first-order chi connectivity index (χ1) is 10.1. The van der Waals surface area contributed by atoms with E-state index in [4.69, 9.17) is 9.47 Å². The number of aromatic nitrogens is 2. The molecule has 0 radical (unpaired) electrons. The highest BCUT2D eigenvalue weighted by atomic mass is 16.7. The van der Waals surface area contributed by atoms with Gasteiger partial charge in [-0.25, -0.2) is 9.97 Å². The highest BCUT2D eigenvalue weighted by Crippen LogP contribution is 2.37. The first-order valence-electron chi connectivity index (χ1n) is 6.17. The van der Waals surface area contributed by atoms with Crippen LogP contribution in [0.1, 0.15) is 21.7 Å². The van der Waals surface area contributed by atoms with Crippen LogP contribution < -0.4 is 9.47 Å². The van der Waals surface area contributed by atoms with E-state index in [0.717, 1.165) is 17.3 Å². The van der Waals surface area contributed by atoms with Gasteiger partial charge in [-0.1, -0.05) is 6.07 Å². The van der Waals surface area contributed by atoms with Crippen LogP contribution in [-0.2, 0) is 6.42 Å². The van der Waals surface area contributed by atoms with Crippen molar-refractivity contribution in [3.05, 3.63) is 45.4 Å². The number of ketones is 1. The van der Waals surface area contributed by atoms with Crippen molar-refractivity contribution >= 4 is 11.6 Å². The van der Waals surface area contributed by atoms with Gasteiger partial charge in [0.2, 0.25) is 12.6 Å². The quantitative estimate of drug-likeness (QED) is 0.522. The molecule has 2 heterocycles. The number of carbonyl (C=O) groups is 1. The lowest BCUT2D eigenvalue weighted by molar-refractivity contribution is -0.389. The monoisotopic (exact) mass is 289 g/mol. The van der Waals surface area contributed by atoms with Crippen molar-refractivity contribution in [1.29, 1.82) is 0 Å². The van der Waals surface area contributed by atoms with Crippen LogP contribution in [0, 0.1) is 17.0 Å². The van der Waals surface area contributed by atoms with Crippen LogP contribution in [0.5, 0.6) is 11.5 Å². The largest absolute Gasteiger partial charge is 0.454 e. The number of fused-ring (bicyclic) bond motifs is 1. The number of hydrogen-bond acceptors (Lipinski definition) is 6. The fourth-order valence-electron chi connectivity index (χ4n) is 2.15. The summed E-state index contributed by atoms with van der Waals surface area (Å²) in [6.45, 7) is 2.00. The van der Waals surface area contributed by atoms with Gasteiger partial charge in [0.15, 0.2) is 11.5 Å². The fraction of sp³-hybridized carbons (Fsp3) is 0.231. The number of aromatic amines is 1. The van der Waals surface area contributed by atoms with Gasteiger partial charge in [0.1, 0.15) is 6.20 Å². The van der Waals surface area contributed by atoms with Gasteiger partial charge in [-0.05, 0) is 29.0 Å². The number of rotatable bonds is 4. The molecule has 8 nitrogen and oxygen atoms in total. The van der Waals surface area contributed by atoms with Crippen LogP contribution in [-0.4, -0.2) is 27.5 Å². The number of ether oxygens (including phenoxy) is 2. The Kier molecular flexibility index (Phi) is 3.05. The lowest BCUT2D eigenvalue weighted by atomic mass is 10.0. The highest BCUT2D eigenvalue weighted by Gasteiger charge is 2.22. The molecule has 0 atom stereocenters. The Morgan fingerprint density at radius 1 is 1.48 bits per heavy atom. The molecule has 8 heteroatoms. The van der Waals surface area contributed by atoms with Crippen LogP contribution in [0.15, 0.2) is 18.3 Å². The topological polar surface area (TPSA) is 107 Å². The van der Waals surface area contributed by atoms with Gasteiger partial charge in [0.05, 0.1) is 0 Å². The molecule has 1 aliphatic rings. The smallest absolute Gasteiger partial charge is 0.341 e. The molecular weight excluding hydrogens is 278 g/mol. The molecule has 3 rings (SSSR count). The summed E-state index contributed by atoms with van der Waals surface area (Å²) in [5.74, 6) is 0.618. The van der Waals surface area contributed by atoms with Crippen molar-refractivity contribution in [3.8, 4) is 11.5 Å². The normalized spacial score (nSPS) is 12.4. The summed E-state index contributed by atoms with van der Waals surface area (Å²) in [5.41, 5.74) is 1.59. The van der Waals surface area contributed by atoms with E-state index < -0.39 is 4.92 Å². The van der Waals surface area contributed by atoms with E-state index in [-0.39, 0.29) is 30.6 Å². The lowest BCUT2D eigenvalue weighted by Crippen LogP contribution is -2.07. The summed E-state index contributed by atoms with van der Waals surface area (Å²) in [6, 6.07) is 3.51. The maximum atomic E-state index is 12.1. The van der Waals surface area contributed by atoms with Crippen LogP contribution in [0.2, 0.25) is 0 Å². The number of nitro groups is 1. The van der Waals surface area contributed by atoms with Crippen LogP contribution >= 0.6 is 0 Å². The molecule has 1 aromatic carbocycles. The van der Waals surface area contributed by atoms with Crippen LogP contribution in [0.4, 0.5) is 5.82 Å². The summed E-state index contributed by atoms with van der Waals surface area (Å²) in [4.78, 5) is 28.2. The van der Waals surface area contributed by atoms with Gasteiger partial charge in [0.25, 0.3) is 5.82 Å². The standard InChI is InChI=1S/C13H11N3O5/c1-7-8(2-3-10-12(7)21-6-20-10)4-9(17)13-14-5-11(15-13)16(18)19/h2-3,5H,4,6H2,1H3,(H,14,15). The first kappa shape index (κ1) is 13.1. The van der Waals surface area contributed by atoms with Gasteiger partial charge >= 0.3 is 5.82 Å². The zero-order chi connectivity index (χ0) is 15.0. The average molecular weight is 289 g/mol. The maximum absolute atomic E-state index is 12.1. The van der Waals surface area contributed by atoms with E-state index in [9.17, 15) is 14.9 Å². The molecule has 21 heavy (non-hydrogen) atoms. The van der Waals surface area contributed by atoms with Crippen LogP contribution in [0.25, 0.3) is 0 Å². The van der Waals surface area contributed by atoms with Crippen molar-refractivity contribution in [3.63, 3.8) is 0 Å². The zero-order valence-electron chi connectivity index (χ0n) is 11.1. The van der Waals surface area contributed by atoms with Crippen molar-refractivity contribution in [2.24, 2.45) is 0 Å². The second kappa shape index (κ2) is 4.89. The Balaban J connectivity index is 1.83. The minimum absolute atomic E-state index is 0.0289. The van der Waals surface area contributed by atoms with E-state index in [1.807, 2.05) is 6.92 Å². The number of benzene rings is 1. The number of H-pyrrole nitrogens is 1. The Labute approximate surface area is 118 Å². The molecule has 0 saturated carbocycles. The second-order valence-corrected chi connectivity index (χ2v) is 4.56. The van der Waals surface area contributed by atoms with E-state index in [0.29, 0.717) is 11.5 Å². The molecule has 1 aromatic heterocycles. The first-order valence-corrected chi connectivity index (χ1v) is 6.17. The van der Waals surface area contributed by atoms with Crippen LogP contribution in [0.3, 0.4) is 0 Å². The fourth-order valence-corrected chi connectivity index (χ4v) is 2.15. The third-order valence-electron chi connectivity index (χ3n) is 3.27. The Hall–Kier alpha value is -2.90. The summed E-state index contributed by atoms with van der Waals surface area (Å²) < 4.78 is 10.6. The van der Waals surface area contributed by atoms with Gasteiger partial charge < -0.3 is 19.6 Å². The van der Waals surface area contributed by atoms with Crippen molar-refractivity contribution in [2.45, 2.75) is 13.3 Å². The predicted octanol–water partition coefficient (Wildman–Crippen LogP) is 1.78. The summed E-state index contributed by atoms with van der Waals surface area (Å²) in [5, 5.41) is 10.6. The molecule has 0 unspecified atom stereocenters. The number of hydrogen-bond donors (Lipinski definition) is 1. The molecule has 0 bridgehead atoms. The minimum Gasteiger partial charge on any atom is -0.454 e. The van der Waals surface area contributed by atoms with Crippen molar-refractivity contribution < 1.29 is 19.2 Å². The second-order valence-electron chi connectivity index (χ2n) is 4.56. The molecule has 0 aliphatic carbocycles. The molecule has 108 valence electrons. The molecule has 0 saturated heterocycles. The molecule has 0 fully saturated rings. The summed E-state index contributed by atoms with van der Waals surface area (Å²) in [7, 11) is 0. The number of nitrogens with one attached hydrogen (secondary N) is 1. The van der Waals surface area contributed by atoms with Crippen molar-refractivity contribution in [2.75, 3.05) is 6.79 Å². The molecule has 0 spiro atoms. The average Bonchev–Trinajstić information content (AvgIpc) is 3.10. The highest BCUT2D eigenvalue weighted by molar-refractivity contribution is 5.94. The minimum atomic E-state index is -0.629. The lowest BCUT2D eigenvalue weighted by Gasteiger charge is -2.06. The third kappa shape index (κ3) is 2.31. The third-order valence-corrected chi connectivity index (χ3v) is 3.27. The maximum Gasteiger partial charge on any atom is 0.341 e. The Bertz CT molecular complexity index is 737. The Morgan fingerprint density at radius 3 is 3.00 bits per heavy atom. The number of carbonyl (C=O) groups excluding carboxylic acids is 1. The van der Waals surface area contributed by atoms with E-state index >= 15 is 0 Å². The molecule has 1 N–H and O–H groups in total. The molecule has 0 amide bonds. The summed E-state index contributed by atoms with van der Waals surface area (Å²) >= 11 is 0. The zero-order valence-corrected chi connectivity index (χ0v) is 11.1. The number of Topliss-reactive ketones (excluding diaryl/α,β-unsaturated/α-hetero) is 1. The number of nitrogens with zero attached hydrogens (tertiary/aromatic N) is 2. The molecular formula is C13H11N3O5. The number of imidazole rings is 1. The Morgan fingerprint density at radius 2 is 2.29 bits per heavy atom. The van der Waals surface area contributed by atoms with E-state index in [1.165, 1.54) is 0 Å².